The van der Waals surface area contributed by atoms with Gasteiger partial charge < -0.3 is 10.4 Å². The predicted molar refractivity (Wildman–Crippen MR) is 57.5 cm³/mol. The van der Waals surface area contributed by atoms with E-state index in [1.54, 1.807) is 0 Å². The Bertz CT molecular complexity index is 501. The number of carbonyl (C=O) groups excluding carboxylic acids is 1. The van der Waals surface area contributed by atoms with Crippen molar-refractivity contribution in [2.24, 2.45) is 0 Å². The predicted octanol–water partition coefficient (Wildman–Crippen LogP) is 2.37. The third kappa shape index (κ3) is 2.86. The Morgan fingerprint density at radius 3 is 2.58 bits per heavy atom. The van der Waals surface area contributed by atoms with Crippen molar-refractivity contribution >= 4 is 5.91 Å². The summed E-state index contributed by atoms with van der Waals surface area (Å²) in [5.74, 6) is -2.69. The van der Waals surface area contributed by atoms with Gasteiger partial charge in [0.15, 0.2) is 0 Å². The molecule has 0 spiro atoms. The van der Waals surface area contributed by atoms with Crippen LogP contribution in [-0.2, 0) is 4.79 Å². The number of halogens is 4. The molecule has 1 aromatic carbocycles. The number of rotatable bonds is 1. The van der Waals surface area contributed by atoms with Gasteiger partial charge in [-0.25, -0.2) is 4.39 Å². The number of fused-ring (bicyclic) bond motifs is 1. The molecule has 2 N–H and O–H groups in total. The van der Waals surface area contributed by atoms with Gasteiger partial charge in [0.1, 0.15) is 5.82 Å². The summed E-state index contributed by atoms with van der Waals surface area (Å²) < 4.78 is 49.8. The van der Waals surface area contributed by atoms with Gasteiger partial charge in [-0.2, -0.15) is 13.2 Å². The minimum absolute atomic E-state index is 0.124. The Kier molecular flexibility index (Phi) is 3.49. The second-order valence-electron chi connectivity index (χ2n) is 4.39. The summed E-state index contributed by atoms with van der Waals surface area (Å²) in [6.45, 7) is 0. The van der Waals surface area contributed by atoms with Crippen LogP contribution in [0.4, 0.5) is 17.6 Å². The van der Waals surface area contributed by atoms with Gasteiger partial charge in [-0.15, -0.1) is 0 Å². The summed E-state index contributed by atoms with van der Waals surface area (Å²) in [6.07, 6.45) is -5.50. The molecule has 0 fully saturated rings. The number of carbonyl (C=O) groups is 1. The number of benzene rings is 1. The summed E-state index contributed by atoms with van der Waals surface area (Å²) in [5.41, 5.74) is 0.538. The molecule has 19 heavy (non-hydrogen) atoms. The Labute approximate surface area is 106 Å². The van der Waals surface area contributed by atoms with Crippen molar-refractivity contribution in [3.05, 3.63) is 35.1 Å². The van der Waals surface area contributed by atoms with E-state index < -0.39 is 30.0 Å². The van der Waals surface area contributed by atoms with Crippen molar-refractivity contribution in [3.8, 4) is 0 Å². The van der Waals surface area contributed by atoms with Crippen LogP contribution < -0.4 is 5.32 Å². The summed E-state index contributed by atoms with van der Waals surface area (Å²) in [6, 6.07) is 2.54. The van der Waals surface area contributed by atoms with Crippen LogP contribution in [0.1, 0.15) is 36.1 Å². The van der Waals surface area contributed by atoms with Crippen molar-refractivity contribution in [2.75, 3.05) is 0 Å². The van der Waals surface area contributed by atoms with Gasteiger partial charge in [0, 0.05) is 0 Å². The maximum atomic E-state index is 13.1. The molecule has 0 saturated carbocycles. The molecule has 1 aliphatic rings. The average molecular weight is 277 g/mol. The van der Waals surface area contributed by atoms with Crippen molar-refractivity contribution in [1.82, 2.24) is 5.32 Å². The molecule has 0 aromatic heterocycles. The molecule has 2 rings (SSSR count). The summed E-state index contributed by atoms with van der Waals surface area (Å²) in [5, 5.41) is 11.5. The molecule has 0 bridgehead atoms. The highest BCUT2D eigenvalue weighted by Gasteiger charge is 2.41. The fourth-order valence-electron chi connectivity index (χ4n) is 2.18. The van der Waals surface area contributed by atoms with Crippen molar-refractivity contribution < 1.29 is 27.5 Å². The molecule has 1 aliphatic carbocycles. The molecule has 1 aromatic rings. The van der Waals surface area contributed by atoms with Crippen LogP contribution in [0.15, 0.2) is 18.2 Å². The molecule has 0 saturated heterocycles. The average Bonchev–Trinajstić information content (AvgIpc) is 2.31. The van der Waals surface area contributed by atoms with Crippen LogP contribution in [-0.4, -0.2) is 17.2 Å². The molecule has 3 nitrogen and oxygen atoms in total. The van der Waals surface area contributed by atoms with Gasteiger partial charge in [-0.05, 0) is 36.1 Å². The van der Waals surface area contributed by atoms with Crippen LogP contribution in [0.3, 0.4) is 0 Å². The lowest BCUT2D eigenvalue weighted by Gasteiger charge is -2.29. The van der Waals surface area contributed by atoms with Crippen LogP contribution >= 0.6 is 0 Å². The quantitative estimate of drug-likeness (QED) is 0.774. The first kappa shape index (κ1) is 13.8. The minimum Gasteiger partial charge on any atom is -0.388 e. The molecule has 7 heteroatoms. The number of amides is 1. The van der Waals surface area contributed by atoms with E-state index in [9.17, 15) is 27.5 Å². The topological polar surface area (TPSA) is 49.3 Å². The van der Waals surface area contributed by atoms with E-state index in [-0.39, 0.29) is 18.4 Å². The SMILES string of the molecule is O=C(NC1CCC(O)c2ccc(F)cc21)C(F)(F)F. The zero-order valence-corrected chi connectivity index (χ0v) is 9.67. The molecule has 104 valence electrons. The first-order chi connectivity index (χ1) is 8.79. The third-order valence-electron chi connectivity index (χ3n) is 3.07. The van der Waals surface area contributed by atoms with Crippen LogP contribution in [0.2, 0.25) is 0 Å². The van der Waals surface area contributed by atoms with E-state index in [4.69, 9.17) is 0 Å². The van der Waals surface area contributed by atoms with Gasteiger partial charge in [0.05, 0.1) is 12.1 Å². The van der Waals surface area contributed by atoms with Crippen molar-refractivity contribution in [3.63, 3.8) is 0 Å². The molecule has 0 radical (unpaired) electrons. The van der Waals surface area contributed by atoms with E-state index in [2.05, 4.69) is 0 Å². The Hall–Kier alpha value is -1.63. The monoisotopic (exact) mass is 277 g/mol. The zero-order chi connectivity index (χ0) is 14.2. The van der Waals surface area contributed by atoms with Gasteiger partial charge in [-0.1, -0.05) is 6.07 Å². The molecule has 2 atom stereocenters. The normalized spacial score (nSPS) is 22.8. The third-order valence-corrected chi connectivity index (χ3v) is 3.07. The highest BCUT2D eigenvalue weighted by atomic mass is 19.4. The second kappa shape index (κ2) is 4.80. The van der Waals surface area contributed by atoms with E-state index in [0.717, 1.165) is 12.1 Å². The van der Waals surface area contributed by atoms with E-state index in [1.165, 1.54) is 6.07 Å². The summed E-state index contributed by atoms with van der Waals surface area (Å²) >= 11 is 0. The number of hydrogen-bond acceptors (Lipinski definition) is 2. The molecule has 1 amide bonds. The molecular weight excluding hydrogens is 266 g/mol. The van der Waals surface area contributed by atoms with Crippen LogP contribution in [0.25, 0.3) is 0 Å². The molecule has 0 aliphatic heterocycles. The lowest BCUT2D eigenvalue weighted by Crippen LogP contribution is -2.40. The Morgan fingerprint density at radius 1 is 1.26 bits per heavy atom. The molecule has 0 heterocycles. The standard InChI is InChI=1S/C12H11F4NO2/c13-6-1-2-7-8(5-6)9(3-4-10(7)18)17-11(19)12(14,15)16/h1-2,5,9-10,18H,3-4H2,(H,17,19). The fraction of sp³-hybridized carbons (Fsp3) is 0.417. The number of hydrogen-bond donors (Lipinski definition) is 2. The highest BCUT2D eigenvalue weighted by Crippen LogP contribution is 2.36. The van der Waals surface area contributed by atoms with Crippen molar-refractivity contribution in [2.45, 2.75) is 31.2 Å². The maximum absolute atomic E-state index is 13.1. The smallest absolute Gasteiger partial charge is 0.388 e. The summed E-state index contributed by atoms with van der Waals surface area (Å²) in [7, 11) is 0. The van der Waals surface area contributed by atoms with Crippen molar-refractivity contribution in [1.29, 1.82) is 0 Å². The second-order valence-corrected chi connectivity index (χ2v) is 4.39. The molecule has 2 unspecified atom stereocenters. The van der Waals surface area contributed by atoms with E-state index in [1.807, 2.05) is 5.32 Å². The number of aliphatic hydroxyl groups is 1. The number of aliphatic hydroxyl groups excluding tert-OH is 1. The number of alkyl halides is 3. The number of nitrogens with one attached hydrogen (secondary N) is 1. The van der Waals surface area contributed by atoms with Gasteiger partial charge in [0.25, 0.3) is 0 Å². The van der Waals surface area contributed by atoms with E-state index in [0.29, 0.717) is 5.56 Å². The minimum atomic E-state index is -4.98. The first-order valence-corrected chi connectivity index (χ1v) is 5.64. The van der Waals surface area contributed by atoms with Crippen LogP contribution in [0.5, 0.6) is 0 Å². The van der Waals surface area contributed by atoms with E-state index >= 15 is 0 Å². The highest BCUT2D eigenvalue weighted by molar-refractivity contribution is 5.82. The molecular formula is C12H11F4NO2. The first-order valence-electron chi connectivity index (χ1n) is 5.64. The van der Waals surface area contributed by atoms with Crippen LogP contribution in [0, 0.1) is 5.82 Å². The largest absolute Gasteiger partial charge is 0.471 e. The van der Waals surface area contributed by atoms with Gasteiger partial charge in [-0.3, -0.25) is 4.79 Å². The summed E-state index contributed by atoms with van der Waals surface area (Å²) in [4.78, 5) is 10.9. The fourth-order valence-corrected chi connectivity index (χ4v) is 2.18. The Balaban J connectivity index is 2.28. The maximum Gasteiger partial charge on any atom is 0.471 e. The van der Waals surface area contributed by atoms with Gasteiger partial charge >= 0.3 is 12.1 Å². The Morgan fingerprint density at radius 2 is 1.95 bits per heavy atom. The lowest BCUT2D eigenvalue weighted by molar-refractivity contribution is -0.174. The van der Waals surface area contributed by atoms with Gasteiger partial charge in [0.2, 0.25) is 0 Å². The lowest BCUT2D eigenvalue weighted by atomic mass is 9.85. The zero-order valence-electron chi connectivity index (χ0n) is 9.67.